The number of nitrogens with one attached hydrogen (secondary N) is 3. The van der Waals surface area contributed by atoms with Crippen molar-refractivity contribution in [1.82, 2.24) is 15.2 Å². The van der Waals surface area contributed by atoms with E-state index in [2.05, 4.69) is 25.8 Å². The fourth-order valence-corrected chi connectivity index (χ4v) is 6.18. The SMILES string of the molecule is O=C(Cc1cc(-c2ccc3ncsc3c2)n[nH]1)Nc1ccc(NC2CCS(=O)(=O)C2)cc1. The summed E-state index contributed by atoms with van der Waals surface area (Å²) in [7, 11) is -2.92. The normalized spacial score (nSPS) is 17.4. The van der Waals surface area contributed by atoms with E-state index in [4.69, 9.17) is 0 Å². The summed E-state index contributed by atoms with van der Waals surface area (Å²) in [5.41, 5.74) is 6.77. The van der Waals surface area contributed by atoms with Gasteiger partial charge in [-0.25, -0.2) is 13.4 Å². The van der Waals surface area contributed by atoms with Crippen molar-refractivity contribution in [3.05, 3.63) is 59.7 Å². The molecule has 164 valence electrons. The number of carbonyl (C=O) groups is 1. The quantitative estimate of drug-likeness (QED) is 0.400. The third-order valence-electron chi connectivity index (χ3n) is 5.38. The van der Waals surface area contributed by atoms with Gasteiger partial charge in [0.15, 0.2) is 9.84 Å². The summed E-state index contributed by atoms with van der Waals surface area (Å²) in [4.78, 5) is 16.7. The van der Waals surface area contributed by atoms with E-state index in [0.29, 0.717) is 12.1 Å². The molecule has 0 saturated carbocycles. The number of amides is 1. The molecule has 1 aliphatic heterocycles. The number of sulfone groups is 1. The number of hydrogen-bond acceptors (Lipinski definition) is 7. The van der Waals surface area contributed by atoms with Gasteiger partial charge in [0.25, 0.3) is 0 Å². The first-order valence-electron chi connectivity index (χ1n) is 10.2. The van der Waals surface area contributed by atoms with E-state index in [1.54, 1.807) is 23.5 Å². The van der Waals surface area contributed by atoms with E-state index in [9.17, 15) is 13.2 Å². The number of thiazole rings is 1. The molecule has 3 heterocycles. The van der Waals surface area contributed by atoms with Crippen molar-refractivity contribution >= 4 is 48.7 Å². The third kappa shape index (κ3) is 4.66. The van der Waals surface area contributed by atoms with Gasteiger partial charge in [0.05, 0.1) is 39.3 Å². The van der Waals surface area contributed by atoms with E-state index in [1.807, 2.05) is 41.9 Å². The standard InChI is InChI=1S/C22H21N5O3S2/c28-22(25-16-4-2-15(3-5-16)24-17-7-8-32(29,30)12-17)11-18-10-20(27-26-18)14-1-6-19-21(9-14)31-13-23-19/h1-6,9-10,13,17,24H,7-8,11-12H2,(H,25,28)(H,26,27). The molecular weight excluding hydrogens is 446 g/mol. The minimum atomic E-state index is -2.92. The largest absolute Gasteiger partial charge is 0.381 e. The van der Waals surface area contributed by atoms with Gasteiger partial charge in [0.1, 0.15) is 0 Å². The van der Waals surface area contributed by atoms with Crippen LogP contribution in [0, 0.1) is 0 Å². The Labute approximate surface area is 189 Å². The molecule has 2 aromatic heterocycles. The van der Waals surface area contributed by atoms with Crippen molar-refractivity contribution in [2.45, 2.75) is 18.9 Å². The van der Waals surface area contributed by atoms with E-state index in [0.717, 1.165) is 32.9 Å². The number of carbonyl (C=O) groups excluding carboxylic acids is 1. The van der Waals surface area contributed by atoms with E-state index in [1.165, 1.54) is 0 Å². The van der Waals surface area contributed by atoms with Crippen molar-refractivity contribution in [2.75, 3.05) is 22.1 Å². The van der Waals surface area contributed by atoms with Crippen LogP contribution >= 0.6 is 11.3 Å². The lowest BCUT2D eigenvalue weighted by Gasteiger charge is -2.13. The average Bonchev–Trinajstić information content (AvgIpc) is 3.49. The van der Waals surface area contributed by atoms with Gasteiger partial charge >= 0.3 is 0 Å². The van der Waals surface area contributed by atoms with Gasteiger partial charge in [0.2, 0.25) is 5.91 Å². The maximum Gasteiger partial charge on any atom is 0.230 e. The smallest absolute Gasteiger partial charge is 0.230 e. The Morgan fingerprint density at radius 2 is 1.94 bits per heavy atom. The van der Waals surface area contributed by atoms with E-state index < -0.39 is 9.84 Å². The first kappa shape index (κ1) is 20.7. The summed E-state index contributed by atoms with van der Waals surface area (Å²) in [5.74, 6) is 0.240. The van der Waals surface area contributed by atoms with Crippen LogP contribution < -0.4 is 10.6 Å². The van der Waals surface area contributed by atoms with Crippen molar-refractivity contribution in [2.24, 2.45) is 0 Å². The zero-order chi connectivity index (χ0) is 22.1. The molecule has 1 aliphatic rings. The molecule has 1 atom stereocenters. The molecule has 1 saturated heterocycles. The van der Waals surface area contributed by atoms with Crippen molar-refractivity contribution in [3.8, 4) is 11.3 Å². The van der Waals surface area contributed by atoms with Gasteiger partial charge in [-0.15, -0.1) is 11.3 Å². The fourth-order valence-electron chi connectivity index (χ4n) is 3.79. The van der Waals surface area contributed by atoms with E-state index >= 15 is 0 Å². The van der Waals surface area contributed by atoms with Crippen LogP contribution in [-0.4, -0.2) is 47.1 Å². The lowest BCUT2D eigenvalue weighted by atomic mass is 10.1. The van der Waals surface area contributed by atoms with Crippen LogP contribution in [-0.2, 0) is 21.1 Å². The zero-order valence-electron chi connectivity index (χ0n) is 17.0. The molecule has 8 nitrogen and oxygen atoms in total. The molecule has 2 aromatic carbocycles. The molecule has 0 aliphatic carbocycles. The number of aromatic nitrogens is 3. The van der Waals surface area contributed by atoms with E-state index in [-0.39, 0.29) is 29.9 Å². The highest BCUT2D eigenvalue weighted by Gasteiger charge is 2.27. The molecule has 1 fully saturated rings. The minimum absolute atomic E-state index is 0.0631. The average molecular weight is 468 g/mol. The first-order chi connectivity index (χ1) is 15.4. The number of fused-ring (bicyclic) bond motifs is 1. The zero-order valence-corrected chi connectivity index (χ0v) is 18.7. The molecule has 10 heteroatoms. The van der Waals surface area contributed by atoms with Gasteiger partial charge in [-0.05, 0) is 48.9 Å². The monoisotopic (exact) mass is 467 g/mol. The van der Waals surface area contributed by atoms with Crippen LogP contribution in [0.5, 0.6) is 0 Å². The van der Waals surface area contributed by atoms with Crippen LogP contribution in [0.1, 0.15) is 12.1 Å². The summed E-state index contributed by atoms with van der Waals surface area (Å²) < 4.78 is 24.3. The predicted molar refractivity (Wildman–Crippen MR) is 127 cm³/mol. The number of aromatic amines is 1. The topological polar surface area (TPSA) is 117 Å². The Bertz CT molecular complexity index is 1380. The maximum absolute atomic E-state index is 12.5. The number of hydrogen-bond donors (Lipinski definition) is 3. The van der Waals surface area contributed by atoms with Crippen molar-refractivity contribution in [1.29, 1.82) is 0 Å². The van der Waals surface area contributed by atoms with Gasteiger partial charge in [-0.2, -0.15) is 5.10 Å². The molecule has 32 heavy (non-hydrogen) atoms. The van der Waals surface area contributed by atoms with Gasteiger partial charge in [-0.1, -0.05) is 6.07 Å². The third-order valence-corrected chi connectivity index (χ3v) is 7.94. The van der Waals surface area contributed by atoms with Crippen LogP contribution in [0.25, 0.3) is 21.5 Å². The van der Waals surface area contributed by atoms with Crippen molar-refractivity contribution < 1.29 is 13.2 Å². The van der Waals surface area contributed by atoms with Gasteiger partial charge in [-0.3, -0.25) is 9.89 Å². The second-order valence-corrected chi connectivity index (χ2v) is 11.0. The molecule has 5 rings (SSSR count). The summed E-state index contributed by atoms with van der Waals surface area (Å²) in [6, 6.07) is 15.1. The maximum atomic E-state index is 12.5. The van der Waals surface area contributed by atoms with Crippen LogP contribution in [0.15, 0.2) is 54.0 Å². The lowest BCUT2D eigenvalue weighted by Crippen LogP contribution is -2.20. The molecule has 0 spiro atoms. The summed E-state index contributed by atoms with van der Waals surface area (Å²) >= 11 is 1.58. The number of benzene rings is 2. The minimum Gasteiger partial charge on any atom is -0.381 e. The molecule has 1 unspecified atom stereocenters. The first-order valence-corrected chi connectivity index (χ1v) is 12.9. The second-order valence-electron chi connectivity index (χ2n) is 7.86. The van der Waals surface area contributed by atoms with Crippen molar-refractivity contribution in [3.63, 3.8) is 0 Å². The fraction of sp³-hybridized carbons (Fsp3) is 0.227. The van der Waals surface area contributed by atoms with Gasteiger partial charge in [0, 0.05) is 28.7 Å². The highest BCUT2D eigenvalue weighted by atomic mass is 32.2. The summed E-state index contributed by atoms with van der Waals surface area (Å²) in [6.07, 6.45) is 0.792. The Hall–Kier alpha value is -3.24. The molecular formula is C22H21N5O3S2. The lowest BCUT2D eigenvalue weighted by molar-refractivity contribution is -0.115. The number of H-pyrrole nitrogens is 1. The summed E-state index contributed by atoms with van der Waals surface area (Å²) in [6.45, 7) is 0. The number of nitrogens with zero attached hydrogens (tertiary/aromatic N) is 2. The van der Waals surface area contributed by atoms with Crippen LogP contribution in [0.4, 0.5) is 11.4 Å². The molecule has 4 aromatic rings. The summed E-state index contributed by atoms with van der Waals surface area (Å²) in [5, 5.41) is 13.4. The van der Waals surface area contributed by atoms with Gasteiger partial charge < -0.3 is 10.6 Å². The highest BCUT2D eigenvalue weighted by Crippen LogP contribution is 2.25. The highest BCUT2D eigenvalue weighted by molar-refractivity contribution is 7.91. The Balaban J connectivity index is 1.18. The molecule has 0 radical (unpaired) electrons. The molecule has 0 bridgehead atoms. The second kappa shape index (κ2) is 8.36. The van der Waals surface area contributed by atoms with Crippen LogP contribution in [0.3, 0.4) is 0 Å². The predicted octanol–water partition coefficient (Wildman–Crippen LogP) is 3.47. The van der Waals surface area contributed by atoms with Crippen LogP contribution in [0.2, 0.25) is 0 Å². The Morgan fingerprint density at radius 3 is 2.72 bits per heavy atom. The number of rotatable bonds is 6. The Morgan fingerprint density at radius 1 is 1.12 bits per heavy atom. The Kier molecular flexibility index (Phi) is 5.40. The molecule has 3 N–H and O–H groups in total. The number of anilines is 2. The molecule has 1 amide bonds.